The van der Waals surface area contributed by atoms with Gasteiger partial charge in [-0.2, -0.15) is 0 Å². The van der Waals surface area contributed by atoms with Crippen LogP contribution < -0.4 is 0 Å². The second-order valence-corrected chi connectivity index (χ2v) is 5.99. The van der Waals surface area contributed by atoms with Crippen LogP contribution in [0.1, 0.15) is 12.5 Å². The smallest absolute Gasteiger partial charge is 0.316 e. The maximum atomic E-state index is 11.6. The zero-order valence-electron chi connectivity index (χ0n) is 12.9. The Labute approximate surface area is 139 Å². The van der Waals surface area contributed by atoms with E-state index < -0.39 is 0 Å². The quantitative estimate of drug-likeness (QED) is 0.511. The number of para-hydroxylation sites is 2. The first-order chi connectivity index (χ1) is 11.3. The van der Waals surface area contributed by atoms with Crippen LogP contribution in [0.2, 0.25) is 0 Å². The molecule has 0 unspecified atom stereocenters. The van der Waals surface area contributed by atoms with Crippen LogP contribution in [-0.4, -0.2) is 27.9 Å². The van der Waals surface area contributed by atoms with Crippen molar-refractivity contribution in [2.45, 2.75) is 18.6 Å². The van der Waals surface area contributed by atoms with E-state index in [0.29, 0.717) is 6.61 Å². The van der Waals surface area contributed by atoms with Crippen molar-refractivity contribution in [1.29, 1.82) is 0 Å². The molecule has 1 heterocycles. The van der Waals surface area contributed by atoms with Crippen molar-refractivity contribution >= 4 is 28.8 Å². The number of ether oxygens (including phenoxy) is 1. The van der Waals surface area contributed by atoms with Gasteiger partial charge >= 0.3 is 5.97 Å². The van der Waals surface area contributed by atoms with Crippen LogP contribution in [0.4, 0.5) is 0 Å². The van der Waals surface area contributed by atoms with Crippen LogP contribution in [0.3, 0.4) is 0 Å². The number of imidazole rings is 1. The number of rotatable bonds is 6. The number of carbonyl (C=O) groups excluding carboxylic acids is 1. The lowest BCUT2D eigenvalue weighted by Gasteiger charge is -2.09. The molecule has 3 rings (SSSR count). The van der Waals surface area contributed by atoms with E-state index in [1.54, 1.807) is 0 Å². The summed E-state index contributed by atoms with van der Waals surface area (Å²) in [6.07, 6.45) is 0. The molecule has 0 amide bonds. The summed E-state index contributed by atoms with van der Waals surface area (Å²) in [6, 6.07) is 18.3. The Hall–Kier alpha value is -2.27. The van der Waals surface area contributed by atoms with E-state index in [0.717, 1.165) is 22.7 Å². The van der Waals surface area contributed by atoms with E-state index in [4.69, 9.17) is 4.74 Å². The van der Waals surface area contributed by atoms with Gasteiger partial charge in [0.2, 0.25) is 0 Å². The molecule has 118 valence electrons. The molecule has 1 aromatic heterocycles. The van der Waals surface area contributed by atoms with Crippen LogP contribution in [-0.2, 0) is 16.1 Å². The number of hydrogen-bond acceptors (Lipinski definition) is 4. The average Bonchev–Trinajstić information content (AvgIpc) is 2.92. The first kappa shape index (κ1) is 15.6. The van der Waals surface area contributed by atoms with E-state index >= 15 is 0 Å². The second kappa shape index (κ2) is 7.33. The van der Waals surface area contributed by atoms with Crippen LogP contribution in [0.25, 0.3) is 11.0 Å². The van der Waals surface area contributed by atoms with Crippen molar-refractivity contribution in [2.24, 2.45) is 0 Å². The van der Waals surface area contributed by atoms with Gasteiger partial charge in [0, 0.05) is 0 Å². The molecule has 0 fully saturated rings. The Kier molecular flexibility index (Phi) is 4.98. The second-order valence-electron chi connectivity index (χ2n) is 5.05. The van der Waals surface area contributed by atoms with Crippen molar-refractivity contribution < 1.29 is 9.53 Å². The van der Waals surface area contributed by atoms with E-state index in [9.17, 15) is 4.79 Å². The predicted molar refractivity (Wildman–Crippen MR) is 92.6 cm³/mol. The van der Waals surface area contributed by atoms with Crippen molar-refractivity contribution in [1.82, 2.24) is 9.55 Å². The van der Waals surface area contributed by atoms with Gasteiger partial charge in [0.1, 0.15) is 0 Å². The SMILES string of the molecule is CCOC(=O)CSc1nc2ccccc2n1Cc1ccccc1. The minimum Gasteiger partial charge on any atom is -0.465 e. The third-order valence-corrected chi connectivity index (χ3v) is 4.38. The Bertz CT molecular complexity index is 799. The summed E-state index contributed by atoms with van der Waals surface area (Å²) in [7, 11) is 0. The Balaban J connectivity index is 1.90. The highest BCUT2D eigenvalue weighted by Crippen LogP contribution is 2.25. The lowest BCUT2D eigenvalue weighted by molar-refractivity contribution is -0.139. The third kappa shape index (κ3) is 3.74. The molecular weight excluding hydrogens is 308 g/mol. The molecule has 2 aromatic carbocycles. The standard InChI is InChI=1S/C18H18N2O2S/c1-2-22-17(21)13-23-18-19-15-10-6-7-11-16(15)20(18)12-14-8-4-3-5-9-14/h3-11H,2,12-13H2,1H3. The molecule has 4 nitrogen and oxygen atoms in total. The van der Waals surface area contributed by atoms with E-state index in [-0.39, 0.29) is 11.7 Å². The Morgan fingerprint density at radius 2 is 1.87 bits per heavy atom. The fourth-order valence-corrected chi connectivity index (χ4v) is 3.22. The predicted octanol–water partition coefficient (Wildman–Crippen LogP) is 3.74. The number of fused-ring (bicyclic) bond motifs is 1. The summed E-state index contributed by atoms with van der Waals surface area (Å²) in [5, 5.41) is 0.836. The highest BCUT2D eigenvalue weighted by Gasteiger charge is 2.13. The largest absolute Gasteiger partial charge is 0.465 e. The molecular formula is C18H18N2O2S. The molecule has 0 atom stereocenters. The maximum Gasteiger partial charge on any atom is 0.316 e. The summed E-state index contributed by atoms with van der Waals surface area (Å²) in [6.45, 7) is 2.94. The number of hydrogen-bond donors (Lipinski definition) is 0. The summed E-state index contributed by atoms with van der Waals surface area (Å²) in [4.78, 5) is 16.3. The van der Waals surface area contributed by atoms with Crippen molar-refractivity contribution in [3.63, 3.8) is 0 Å². The summed E-state index contributed by atoms with van der Waals surface area (Å²) in [5.41, 5.74) is 3.21. The van der Waals surface area contributed by atoms with Gasteiger partial charge in [-0.25, -0.2) is 4.98 Å². The minimum absolute atomic E-state index is 0.212. The van der Waals surface area contributed by atoms with E-state index in [1.165, 1.54) is 17.3 Å². The number of benzene rings is 2. The number of carbonyl (C=O) groups is 1. The normalized spacial score (nSPS) is 10.8. The lowest BCUT2D eigenvalue weighted by atomic mass is 10.2. The molecule has 0 N–H and O–H groups in total. The molecule has 0 saturated carbocycles. The maximum absolute atomic E-state index is 11.6. The van der Waals surface area contributed by atoms with Gasteiger partial charge in [-0.3, -0.25) is 4.79 Å². The van der Waals surface area contributed by atoms with Gasteiger partial charge < -0.3 is 9.30 Å². The Morgan fingerprint density at radius 3 is 2.65 bits per heavy atom. The minimum atomic E-state index is -0.212. The number of aromatic nitrogens is 2. The molecule has 0 radical (unpaired) electrons. The highest BCUT2D eigenvalue weighted by atomic mass is 32.2. The van der Waals surface area contributed by atoms with Gasteiger partial charge in [0.05, 0.1) is 29.9 Å². The number of thioether (sulfide) groups is 1. The topological polar surface area (TPSA) is 44.1 Å². The molecule has 0 bridgehead atoms. The highest BCUT2D eigenvalue weighted by molar-refractivity contribution is 7.99. The average molecular weight is 326 g/mol. The van der Waals surface area contributed by atoms with E-state index in [2.05, 4.69) is 27.8 Å². The van der Waals surface area contributed by atoms with Gasteiger partial charge in [-0.05, 0) is 24.6 Å². The van der Waals surface area contributed by atoms with Gasteiger partial charge in [-0.1, -0.05) is 54.2 Å². The molecule has 23 heavy (non-hydrogen) atoms. The molecule has 0 saturated heterocycles. The summed E-state index contributed by atoms with van der Waals surface area (Å²) in [5.74, 6) is 0.0576. The van der Waals surface area contributed by atoms with Gasteiger partial charge in [-0.15, -0.1) is 0 Å². The lowest BCUT2D eigenvalue weighted by Crippen LogP contribution is -2.08. The summed E-state index contributed by atoms with van der Waals surface area (Å²) < 4.78 is 7.15. The van der Waals surface area contributed by atoms with Crippen molar-refractivity contribution in [2.75, 3.05) is 12.4 Å². The monoisotopic (exact) mass is 326 g/mol. The van der Waals surface area contributed by atoms with Gasteiger partial charge in [0.15, 0.2) is 5.16 Å². The fraction of sp³-hybridized carbons (Fsp3) is 0.222. The van der Waals surface area contributed by atoms with E-state index in [1.807, 2.05) is 43.3 Å². The van der Waals surface area contributed by atoms with Crippen molar-refractivity contribution in [3.05, 3.63) is 60.2 Å². The molecule has 3 aromatic rings. The Morgan fingerprint density at radius 1 is 1.13 bits per heavy atom. The molecule has 0 aliphatic carbocycles. The van der Waals surface area contributed by atoms with Crippen LogP contribution in [0.15, 0.2) is 59.8 Å². The molecule has 0 spiro atoms. The molecule has 0 aliphatic rings. The fourth-order valence-electron chi connectivity index (χ4n) is 2.41. The first-order valence-electron chi connectivity index (χ1n) is 7.55. The third-order valence-electron chi connectivity index (χ3n) is 3.43. The molecule has 0 aliphatic heterocycles. The first-order valence-corrected chi connectivity index (χ1v) is 8.54. The van der Waals surface area contributed by atoms with Gasteiger partial charge in [0.25, 0.3) is 0 Å². The van der Waals surface area contributed by atoms with Crippen LogP contribution >= 0.6 is 11.8 Å². The zero-order valence-corrected chi connectivity index (χ0v) is 13.8. The van der Waals surface area contributed by atoms with Crippen LogP contribution in [0.5, 0.6) is 0 Å². The number of nitrogens with zero attached hydrogens (tertiary/aromatic N) is 2. The molecule has 5 heteroatoms. The zero-order chi connectivity index (χ0) is 16.1. The van der Waals surface area contributed by atoms with Crippen molar-refractivity contribution in [3.8, 4) is 0 Å². The van der Waals surface area contributed by atoms with Crippen LogP contribution in [0, 0.1) is 0 Å². The summed E-state index contributed by atoms with van der Waals surface area (Å²) >= 11 is 1.42. The number of esters is 1.